The first kappa shape index (κ1) is 39.9. The molecule has 0 radical (unpaired) electrons. The number of imidazole rings is 4. The zero-order valence-electron chi connectivity index (χ0n) is 30.8. The quantitative estimate of drug-likeness (QED) is 0.0734. The van der Waals surface area contributed by atoms with Crippen molar-refractivity contribution in [1.29, 1.82) is 0 Å². The highest BCUT2D eigenvalue weighted by Gasteiger charge is 2.21. The minimum atomic E-state index is -4.67. The summed E-state index contributed by atoms with van der Waals surface area (Å²) < 4.78 is 38.2. The second-order valence-corrected chi connectivity index (χ2v) is 13.4. The van der Waals surface area contributed by atoms with Crippen molar-refractivity contribution >= 4 is 52.3 Å². The van der Waals surface area contributed by atoms with Crippen LogP contribution in [-0.4, -0.2) is 105 Å². The van der Waals surface area contributed by atoms with E-state index in [1.165, 1.54) is 21.4 Å². The molecule has 8 heterocycles. The highest BCUT2D eigenvalue weighted by molar-refractivity contribution is 7.79. The molecule has 0 saturated carbocycles. The van der Waals surface area contributed by atoms with E-state index >= 15 is 0 Å². The van der Waals surface area contributed by atoms with E-state index in [1.807, 2.05) is 61.6 Å². The molecule has 0 spiro atoms. The average Bonchev–Trinajstić information content (AvgIpc) is 4.04. The molecule has 296 valence electrons. The van der Waals surface area contributed by atoms with E-state index in [1.54, 1.807) is 24.3 Å². The van der Waals surface area contributed by atoms with E-state index in [9.17, 15) is 14.4 Å². The Balaban J connectivity index is 0.000000175. The topological polar surface area (TPSA) is 296 Å². The van der Waals surface area contributed by atoms with Gasteiger partial charge in [-0.1, -0.05) is 11.7 Å². The van der Waals surface area contributed by atoms with Crippen molar-refractivity contribution in [2.24, 2.45) is 0 Å². The number of anilines is 1. The van der Waals surface area contributed by atoms with Crippen molar-refractivity contribution in [2.45, 2.75) is 39.8 Å². The number of hydrogen-bond donors (Lipinski definition) is 5. The molecule has 8 aromatic rings. The number of H-pyrrole nitrogens is 2. The summed E-state index contributed by atoms with van der Waals surface area (Å²) in [5, 5.41) is 20.6. The number of rotatable bonds is 10. The van der Waals surface area contributed by atoms with Crippen LogP contribution in [-0.2, 0) is 15.2 Å². The zero-order chi connectivity index (χ0) is 41.7. The number of aromatic amines is 2. The van der Waals surface area contributed by atoms with Crippen LogP contribution in [0.5, 0.6) is 0 Å². The lowest BCUT2D eigenvalue weighted by Gasteiger charge is -2.04. The Bertz CT molecular complexity index is 2920. The first-order valence-electron chi connectivity index (χ1n) is 16.9. The molecule has 24 heteroatoms. The van der Waals surface area contributed by atoms with Crippen molar-refractivity contribution in [1.82, 2.24) is 68.7 Å². The van der Waals surface area contributed by atoms with Crippen LogP contribution >= 0.6 is 0 Å². The number of fused-ring (bicyclic) bond motifs is 2. The van der Waals surface area contributed by atoms with Crippen molar-refractivity contribution in [3.05, 3.63) is 84.3 Å². The molecule has 1 amide bonds. The van der Waals surface area contributed by atoms with Gasteiger partial charge in [0.25, 0.3) is 5.82 Å². The van der Waals surface area contributed by atoms with Gasteiger partial charge in [-0.05, 0) is 58.0 Å². The standard InChI is InChI=1S/C17H16N8O2.C17H14N8O.H2O4S/c1-10(2)24-6-5-12(22-24)17-16(20-13(8-26)21-17)11-3-4-14-18-7-15(19-9-27)25(14)23-11;1-10(2)24-7-6-12(22-24)17-16(20-13(9-26)21-17)11-4-5-14-19-8-15(18-3)25(14)23-11;1-5(2,3)4/h3-10H,1-2H3,(H,19,27)(H,20,21);4-10H,1-2H3,(H,20,21);(H2,1,2,3,4). The summed E-state index contributed by atoms with van der Waals surface area (Å²) in [5.74, 6) is 1.10. The largest absolute Gasteiger partial charge is 0.394 e. The van der Waals surface area contributed by atoms with Crippen LogP contribution in [0.2, 0.25) is 0 Å². The van der Waals surface area contributed by atoms with Crippen LogP contribution in [0.4, 0.5) is 11.6 Å². The summed E-state index contributed by atoms with van der Waals surface area (Å²) in [4.78, 5) is 59.6. The van der Waals surface area contributed by atoms with Crippen LogP contribution in [0.3, 0.4) is 0 Å². The maximum atomic E-state index is 11.3. The van der Waals surface area contributed by atoms with Gasteiger partial charge in [-0.15, -0.1) is 4.52 Å². The van der Waals surface area contributed by atoms with Gasteiger partial charge in [0.2, 0.25) is 12.1 Å². The fourth-order valence-electron chi connectivity index (χ4n) is 5.38. The Hall–Kier alpha value is -7.75. The predicted octanol–water partition coefficient (Wildman–Crippen LogP) is 4.22. The van der Waals surface area contributed by atoms with Crippen LogP contribution in [0.15, 0.2) is 61.2 Å². The summed E-state index contributed by atoms with van der Waals surface area (Å²) in [6, 6.07) is 11.1. The van der Waals surface area contributed by atoms with Crippen molar-refractivity contribution in [3.63, 3.8) is 0 Å². The summed E-state index contributed by atoms with van der Waals surface area (Å²) >= 11 is 0. The Morgan fingerprint density at radius 3 is 1.60 bits per heavy atom. The number of aldehydes is 2. The molecule has 0 aliphatic rings. The lowest BCUT2D eigenvalue weighted by molar-refractivity contribution is -0.105. The molecule has 0 unspecified atom stereocenters. The van der Waals surface area contributed by atoms with Crippen LogP contribution in [0.25, 0.3) is 61.7 Å². The number of carbonyl (C=O) groups is 3. The second kappa shape index (κ2) is 16.5. The molecule has 0 aliphatic carbocycles. The minimum Gasteiger partial charge on any atom is -0.360 e. The Morgan fingerprint density at radius 1 is 0.707 bits per heavy atom. The molecular formula is C34H32N16O7S. The Morgan fingerprint density at radius 2 is 1.17 bits per heavy atom. The number of hydrogen-bond acceptors (Lipinski definition) is 13. The number of amides is 1. The first-order valence-corrected chi connectivity index (χ1v) is 18.3. The number of nitrogens with zero attached hydrogens (tertiary/aromatic N) is 13. The van der Waals surface area contributed by atoms with Gasteiger partial charge in [-0.3, -0.25) is 32.9 Å². The van der Waals surface area contributed by atoms with Crippen molar-refractivity contribution in [2.75, 3.05) is 5.32 Å². The molecule has 8 rings (SSSR count). The lowest BCUT2D eigenvalue weighted by Crippen LogP contribution is -2.03. The molecule has 5 N–H and O–H groups in total. The van der Waals surface area contributed by atoms with Gasteiger partial charge in [-0.25, -0.2) is 19.9 Å². The molecule has 0 aromatic carbocycles. The Labute approximate surface area is 327 Å². The maximum Gasteiger partial charge on any atom is 0.394 e. The summed E-state index contributed by atoms with van der Waals surface area (Å²) in [7, 11) is -4.67. The van der Waals surface area contributed by atoms with Gasteiger partial charge in [0.15, 0.2) is 35.7 Å². The monoisotopic (exact) mass is 808 g/mol. The third-order valence-corrected chi connectivity index (χ3v) is 7.97. The molecular weight excluding hydrogens is 777 g/mol. The normalized spacial score (nSPS) is 11.2. The maximum absolute atomic E-state index is 11.3. The van der Waals surface area contributed by atoms with E-state index in [2.05, 4.69) is 60.5 Å². The second-order valence-electron chi connectivity index (χ2n) is 12.5. The number of aromatic nitrogens is 14. The molecule has 0 atom stereocenters. The number of nitrogens with one attached hydrogen (secondary N) is 3. The zero-order valence-corrected chi connectivity index (χ0v) is 31.6. The van der Waals surface area contributed by atoms with Gasteiger partial charge in [0.05, 0.1) is 23.8 Å². The van der Waals surface area contributed by atoms with Gasteiger partial charge in [0.1, 0.15) is 34.2 Å². The van der Waals surface area contributed by atoms with E-state index in [-0.39, 0.29) is 23.7 Å². The van der Waals surface area contributed by atoms with Gasteiger partial charge >= 0.3 is 10.4 Å². The van der Waals surface area contributed by atoms with Crippen molar-refractivity contribution in [3.8, 4) is 45.6 Å². The van der Waals surface area contributed by atoms with E-state index < -0.39 is 10.4 Å². The third-order valence-electron chi connectivity index (χ3n) is 7.97. The van der Waals surface area contributed by atoms with Crippen LogP contribution in [0, 0.1) is 6.57 Å². The van der Waals surface area contributed by atoms with Gasteiger partial charge < -0.3 is 20.1 Å². The van der Waals surface area contributed by atoms with Gasteiger partial charge in [0, 0.05) is 30.5 Å². The summed E-state index contributed by atoms with van der Waals surface area (Å²) in [6.07, 6.45) is 8.55. The highest BCUT2D eigenvalue weighted by Crippen LogP contribution is 2.30. The van der Waals surface area contributed by atoms with E-state index in [0.29, 0.717) is 87.5 Å². The predicted molar refractivity (Wildman–Crippen MR) is 205 cm³/mol. The average molecular weight is 809 g/mol. The van der Waals surface area contributed by atoms with E-state index in [0.717, 1.165) is 0 Å². The first-order chi connectivity index (χ1) is 27.7. The summed E-state index contributed by atoms with van der Waals surface area (Å²) in [5.41, 5.74) is 5.64. The fraction of sp³-hybridized carbons (Fsp3) is 0.176. The summed E-state index contributed by atoms with van der Waals surface area (Å²) in [6.45, 7) is 15.3. The molecule has 0 bridgehead atoms. The molecule has 8 aromatic heterocycles. The fourth-order valence-corrected chi connectivity index (χ4v) is 5.38. The van der Waals surface area contributed by atoms with E-state index in [4.69, 9.17) is 24.1 Å². The van der Waals surface area contributed by atoms with Crippen LogP contribution < -0.4 is 5.32 Å². The Kier molecular flexibility index (Phi) is 11.4. The molecule has 58 heavy (non-hydrogen) atoms. The smallest absolute Gasteiger partial charge is 0.360 e. The molecule has 0 saturated heterocycles. The number of carbonyl (C=O) groups excluding carboxylic acids is 3. The minimum absolute atomic E-state index is 0.179. The molecule has 23 nitrogen and oxygen atoms in total. The van der Waals surface area contributed by atoms with Gasteiger partial charge in [-0.2, -0.15) is 28.2 Å². The van der Waals surface area contributed by atoms with Crippen LogP contribution in [0.1, 0.15) is 61.0 Å². The lowest BCUT2D eigenvalue weighted by atomic mass is 10.2. The third kappa shape index (κ3) is 8.70. The van der Waals surface area contributed by atoms with Crippen molar-refractivity contribution < 1.29 is 31.9 Å². The highest BCUT2D eigenvalue weighted by atomic mass is 32.3. The molecule has 0 aliphatic heterocycles. The SMILES string of the molecule is CC(C)n1ccc(-c2[nH]c(C=O)nc2-c2ccc3ncc(NC=O)n3n2)n1.O=S(=O)(O)O.[C-]#[N+]c1cnc2ccc(-c3nc(C=O)[nH]c3-c3ccn(C(C)C)n3)nn12. The molecule has 0 fully saturated rings.